The molecule has 0 aliphatic heterocycles. The van der Waals surface area contributed by atoms with Crippen molar-refractivity contribution >= 4 is 39.1 Å². The van der Waals surface area contributed by atoms with Crippen LogP contribution in [0.1, 0.15) is 12.3 Å². The fourth-order valence-electron chi connectivity index (χ4n) is 1.47. The van der Waals surface area contributed by atoms with Crippen molar-refractivity contribution in [1.82, 2.24) is 4.98 Å². The fourth-order valence-corrected chi connectivity index (χ4v) is 2.47. The zero-order valence-corrected chi connectivity index (χ0v) is 12.0. The number of hydrogen-bond acceptors (Lipinski definition) is 2. The minimum absolute atomic E-state index is 0.612. The Hall–Kier alpha value is -0.510. The number of benzene rings is 1. The molecule has 0 atom stereocenters. The number of aromatic nitrogens is 1. The molecule has 2 nitrogen and oxygen atoms in total. The molecular weight excluding hydrogens is 325 g/mol. The summed E-state index contributed by atoms with van der Waals surface area (Å²) in [5.41, 5.74) is 0.911. The van der Waals surface area contributed by atoms with Gasteiger partial charge in [-0.3, -0.25) is 0 Å². The van der Waals surface area contributed by atoms with Crippen LogP contribution in [0.15, 0.2) is 33.3 Å². The van der Waals surface area contributed by atoms with Crippen molar-refractivity contribution in [3.05, 3.63) is 39.8 Å². The van der Waals surface area contributed by atoms with Crippen molar-refractivity contribution in [2.24, 2.45) is 0 Å². The zero-order valence-electron chi connectivity index (χ0n) is 8.92. The Bertz CT molecular complexity index is 493. The van der Waals surface area contributed by atoms with Crippen LogP contribution < -0.4 is 0 Å². The monoisotopic (exact) mass is 333 g/mol. The first kappa shape index (κ1) is 12.9. The van der Waals surface area contributed by atoms with Crippen molar-refractivity contribution in [1.29, 1.82) is 0 Å². The van der Waals surface area contributed by atoms with Crippen LogP contribution >= 0.6 is 39.1 Å². The predicted octanol–water partition coefficient (Wildman–Crippen LogP) is 4.93. The van der Waals surface area contributed by atoms with Crippen LogP contribution in [0.25, 0.3) is 11.3 Å². The van der Waals surface area contributed by atoms with Gasteiger partial charge in [0.05, 0.1) is 6.20 Å². The minimum atomic E-state index is 0.612. The van der Waals surface area contributed by atoms with E-state index in [0.29, 0.717) is 16.8 Å². The van der Waals surface area contributed by atoms with Gasteiger partial charge in [0.2, 0.25) is 0 Å². The molecule has 0 radical (unpaired) electrons. The maximum atomic E-state index is 5.98. The molecule has 0 aliphatic carbocycles. The maximum absolute atomic E-state index is 5.98. The van der Waals surface area contributed by atoms with Crippen molar-refractivity contribution < 1.29 is 4.42 Å². The third kappa shape index (κ3) is 3.47. The third-order valence-corrected chi connectivity index (χ3v) is 3.17. The fraction of sp³-hybridized carbons (Fsp3) is 0.250. The van der Waals surface area contributed by atoms with E-state index in [4.69, 9.17) is 27.6 Å². The van der Waals surface area contributed by atoms with Crippen LogP contribution in [0.4, 0.5) is 0 Å². The highest BCUT2D eigenvalue weighted by atomic mass is 79.9. The first-order valence-electron chi connectivity index (χ1n) is 5.16. The number of aryl methyl sites for hydroxylation is 1. The Labute approximate surface area is 118 Å². The predicted molar refractivity (Wildman–Crippen MR) is 73.7 cm³/mol. The molecule has 1 aromatic heterocycles. The number of alkyl halides is 1. The summed E-state index contributed by atoms with van der Waals surface area (Å²) in [5.74, 6) is 2.04. The molecule has 1 heterocycles. The minimum Gasteiger partial charge on any atom is -0.441 e. The second kappa shape index (κ2) is 5.89. The summed E-state index contributed by atoms with van der Waals surface area (Å²) in [6.45, 7) is 0. The lowest BCUT2D eigenvalue weighted by molar-refractivity contribution is 0.503. The first-order valence-corrected chi connectivity index (χ1v) is 6.87. The third-order valence-electron chi connectivity index (χ3n) is 2.22. The Morgan fingerprint density at radius 2 is 2.12 bits per heavy atom. The van der Waals surface area contributed by atoms with Gasteiger partial charge in [-0.1, -0.05) is 27.5 Å². The van der Waals surface area contributed by atoms with E-state index in [2.05, 4.69) is 20.9 Å². The Morgan fingerprint density at radius 1 is 1.29 bits per heavy atom. The van der Waals surface area contributed by atoms with E-state index >= 15 is 0 Å². The number of halogens is 3. The summed E-state index contributed by atoms with van der Waals surface area (Å²) in [4.78, 5) is 4.21. The van der Waals surface area contributed by atoms with Gasteiger partial charge in [0, 0.05) is 27.4 Å². The number of hydrogen-bond donors (Lipinski definition) is 0. The molecule has 0 saturated heterocycles. The summed E-state index contributed by atoms with van der Waals surface area (Å²) in [6.07, 6.45) is 3.33. The molecule has 0 aliphatic rings. The molecule has 0 N–H and O–H groups in total. The molecule has 0 unspecified atom stereocenters. The van der Waals surface area contributed by atoms with Crippen LogP contribution in [-0.2, 0) is 6.42 Å². The molecule has 2 aromatic rings. The Balaban J connectivity index is 2.24. The van der Waals surface area contributed by atoms with E-state index in [1.54, 1.807) is 6.20 Å². The number of rotatable bonds is 4. The van der Waals surface area contributed by atoms with E-state index in [1.807, 2.05) is 18.2 Å². The maximum Gasteiger partial charge on any atom is 0.194 e. The van der Waals surface area contributed by atoms with Crippen LogP contribution in [0.5, 0.6) is 0 Å². The van der Waals surface area contributed by atoms with Gasteiger partial charge < -0.3 is 4.42 Å². The van der Waals surface area contributed by atoms with Gasteiger partial charge in [0.1, 0.15) is 0 Å². The van der Waals surface area contributed by atoms with Crippen LogP contribution in [0.3, 0.4) is 0 Å². The normalized spacial score (nSPS) is 10.8. The molecule has 0 bridgehead atoms. The smallest absolute Gasteiger partial charge is 0.194 e. The van der Waals surface area contributed by atoms with Crippen LogP contribution in [0, 0.1) is 0 Å². The molecule has 0 saturated carbocycles. The molecule has 17 heavy (non-hydrogen) atoms. The lowest BCUT2D eigenvalue weighted by Crippen LogP contribution is -1.84. The largest absolute Gasteiger partial charge is 0.441 e. The van der Waals surface area contributed by atoms with E-state index in [-0.39, 0.29) is 0 Å². The van der Waals surface area contributed by atoms with Crippen LogP contribution in [0.2, 0.25) is 5.02 Å². The average Bonchev–Trinajstić information content (AvgIpc) is 2.73. The van der Waals surface area contributed by atoms with Gasteiger partial charge in [-0.25, -0.2) is 4.98 Å². The molecular formula is C12H10BrCl2NO. The molecule has 5 heteroatoms. The summed E-state index contributed by atoms with van der Waals surface area (Å²) in [7, 11) is 0. The van der Waals surface area contributed by atoms with Gasteiger partial charge in [-0.15, -0.1) is 11.6 Å². The lowest BCUT2D eigenvalue weighted by Gasteiger charge is -1.99. The number of oxazole rings is 1. The highest BCUT2D eigenvalue weighted by Gasteiger charge is 2.07. The first-order chi connectivity index (χ1) is 8.19. The Kier molecular flexibility index (Phi) is 4.48. The summed E-state index contributed by atoms with van der Waals surface area (Å²) < 4.78 is 6.55. The molecule has 90 valence electrons. The van der Waals surface area contributed by atoms with Crippen molar-refractivity contribution in [3.8, 4) is 11.3 Å². The topological polar surface area (TPSA) is 26.0 Å². The average molecular weight is 335 g/mol. The zero-order chi connectivity index (χ0) is 12.3. The van der Waals surface area contributed by atoms with Crippen molar-refractivity contribution in [2.75, 3.05) is 5.88 Å². The molecule has 1 aromatic carbocycles. The second-order valence-corrected chi connectivity index (χ2v) is 5.30. The highest BCUT2D eigenvalue weighted by Crippen LogP contribution is 2.28. The van der Waals surface area contributed by atoms with E-state index in [9.17, 15) is 0 Å². The quantitative estimate of drug-likeness (QED) is 0.741. The lowest BCUT2D eigenvalue weighted by atomic mass is 10.2. The van der Waals surface area contributed by atoms with Gasteiger partial charge in [-0.05, 0) is 24.6 Å². The molecule has 0 amide bonds. The van der Waals surface area contributed by atoms with Gasteiger partial charge in [0.25, 0.3) is 0 Å². The second-order valence-electron chi connectivity index (χ2n) is 3.57. The number of nitrogens with zero attached hydrogens (tertiary/aromatic N) is 1. The van der Waals surface area contributed by atoms with Crippen molar-refractivity contribution in [2.45, 2.75) is 12.8 Å². The standard InChI is InChI=1S/C12H10BrCl2NO/c13-9-4-8(5-10(15)6-9)11-7-16-12(17-11)2-1-3-14/h4-7H,1-3H2. The van der Waals surface area contributed by atoms with E-state index in [1.165, 1.54) is 0 Å². The summed E-state index contributed by atoms with van der Waals surface area (Å²) in [6, 6.07) is 5.62. The van der Waals surface area contributed by atoms with Gasteiger partial charge >= 0.3 is 0 Å². The summed E-state index contributed by atoms with van der Waals surface area (Å²) >= 11 is 15.0. The van der Waals surface area contributed by atoms with Gasteiger partial charge in [0.15, 0.2) is 11.7 Å². The van der Waals surface area contributed by atoms with Crippen LogP contribution in [-0.4, -0.2) is 10.9 Å². The summed E-state index contributed by atoms with van der Waals surface area (Å²) in [5, 5.41) is 0.660. The van der Waals surface area contributed by atoms with E-state index < -0.39 is 0 Å². The molecule has 0 fully saturated rings. The SMILES string of the molecule is ClCCCc1ncc(-c2cc(Cl)cc(Br)c2)o1. The van der Waals surface area contributed by atoms with Gasteiger partial charge in [-0.2, -0.15) is 0 Å². The molecule has 0 spiro atoms. The van der Waals surface area contributed by atoms with Crippen molar-refractivity contribution in [3.63, 3.8) is 0 Å². The van der Waals surface area contributed by atoms with E-state index in [0.717, 1.165) is 28.6 Å². The highest BCUT2D eigenvalue weighted by molar-refractivity contribution is 9.10. The molecule has 2 rings (SSSR count). The Morgan fingerprint density at radius 3 is 2.82 bits per heavy atom.